The number of piperidine rings is 1. The van der Waals surface area contributed by atoms with Gasteiger partial charge in [0.05, 0.1) is 17.4 Å². The molecule has 2 rings (SSSR count). The number of sulfonamides is 1. The van der Waals surface area contributed by atoms with E-state index in [0.717, 1.165) is 0 Å². The van der Waals surface area contributed by atoms with E-state index < -0.39 is 15.6 Å². The summed E-state index contributed by atoms with van der Waals surface area (Å²) in [7, 11) is -3.49. The van der Waals surface area contributed by atoms with Gasteiger partial charge in [0, 0.05) is 19.1 Å². The number of rotatable bonds is 4. The van der Waals surface area contributed by atoms with Crippen LogP contribution in [0.1, 0.15) is 44.7 Å². The molecule has 1 aromatic rings. The normalized spacial score (nSPS) is 16.2. The van der Waals surface area contributed by atoms with Crippen molar-refractivity contribution < 1.29 is 17.9 Å². The minimum Gasteiger partial charge on any atom is -0.444 e. The Morgan fingerprint density at radius 3 is 2.35 bits per heavy atom. The first-order valence-corrected chi connectivity index (χ1v) is 10.2. The van der Waals surface area contributed by atoms with E-state index >= 15 is 0 Å². The van der Waals surface area contributed by atoms with Gasteiger partial charge in [-0.25, -0.2) is 17.9 Å². The zero-order chi connectivity index (χ0) is 19.4. The largest absolute Gasteiger partial charge is 0.444 e. The lowest BCUT2D eigenvalue weighted by atomic mass is 10.1. The van der Waals surface area contributed by atoms with Crippen molar-refractivity contribution in [1.29, 1.82) is 5.26 Å². The molecule has 1 heterocycles. The summed E-state index contributed by atoms with van der Waals surface area (Å²) in [5.74, 6) is -0.134. The number of ether oxygens (including phenoxy) is 1. The minimum atomic E-state index is -3.49. The van der Waals surface area contributed by atoms with Gasteiger partial charge in [0.1, 0.15) is 5.60 Å². The maximum absolute atomic E-state index is 12.3. The number of benzene rings is 1. The Morgan fingerprint density at radius 2 is 1.85 bits per heavy atom. The molecule has 142 valence electrons. The van der Waals surface area contributed by atoms with Crippen molar-refractivity contribution in [2.45, 2.75) is 51.0 Å². The third kappa shape index (κ3) is 6.32. The smallest absolute Gasteiger partial charge is 0.410 e. The van der Waals surface area contributed by atoms with Gasteiger partial charge in [-0.3, -0.25) is 0 Å². The quantitative estimate of drug-likeness (QED) is 0.866. The predicted octanol–water partition coefficient (Wildman–Crippen LogP) is 2.38. The van der Waals surface area contributed by atoms with Crippen molar-refractivity contribution in [3.8, 4) is 6.07 Å². The summed E-state index contributed by atoms with van der Waals surface area (Å²) < 4.78 is 32.7. The summed E-state index contributed by atoms with van der Waals surface area (Å²) in [5, 5.41) is 8.78. The van der Waals surface area contributed by atoms with Crippen LogP contribution in [0.15, 0.2) is 24.3 Å². The fourth-order valence-corrected chi connectivity index (χ4v) is 4.16. The summed E-state index contributed by atoms with van der Waals surface area (Å²) in [6.07, 6.45) is 0.730. The lowest BCUT2D eigenvalue weighted by Crippen LogP contribution is -2.47. The van der Waals surface area contributed by atoms with E-state index in [1.165, 1.54) is 0 Å². The average Bonchev–Trinajstić information content (AvgIpc) is 2.54. The number of hydrogen-bond acceptors (Lipinski definition) is 5. The summed E-state index contributed by atoms with van der Waals surface area (Å²) in [6, 6.07) is 8.29. The van der Waals surface area contributed by atoms with Gasteiger partial charge < -0.3 is 9.64 Å². The maximum Gasteiger partial charge on any atom is 0.410 e. The highest BCUT2D eigenvalue weighted by atomic mass is 32.2. The van der Waals surface area contributed by atoms with E-state index in [1.807, 2.05) is 26.8 Å². The Morgan fingerprint density at radius 1 is 1.27 bits per heavy atom. The fraction of sp³-hybridized carbons (Fsp3) is 0.556. The second-order valence-corrected chi connectivity index (χ2v) is 9.18. The fourth-order valence-electron chi connectivity index (χ4n) is 2.70. The number of likely N-dealkylation sites (tertiary alicyclic amines) is 1. The van der Waals surface area contributed by atoms with Gasteiger partial charge in [0.15, 0.2) is 0 Å². The average molecular weight is 379 g/mol. The van der Waals surface area contributed by atoms with Crippen molar-refractivity contribution in [1.82, 2.24) is 9.62 Å². The third-order valence-corrected chi connectivity index (χ3v) is 5.34. The van der Waals surface area contributed by atoms with Crippen molar-refractivity contribution in [3.63, 3.8) is 0 Å². The van der Waals surface area contributed by atoms with Crippen molar-refractivity contribution in [2.75, 3.05) is 13.1 Å². The molecule has 7 nitrogen and oxygen atoms in total. The molecule has 1 aliphatic heterocycles. The van der Waals surface area contributed by atoms with Crippen LogP contribution in [0, 0.1) is 11.3 Å². The molecule has 1 aliphatic rings. The van der Waals surface area contributed by atoms with Crippen LogP contribution >= 0.6 is 0 Å². The number of carbonyl (C=O) groups excluding carboxylic acids is 1. The highest BCUT2D eigenvalue weighted by Crippen LogP contribution is 2.17. The van der Waals surface area contributed by atoms with Gasteiger partial charge in [-0.2, -0.15) is 5.26 Å². The summed E-state index contributed by atoms with van der Waals surface area (Å²) in [5.41, 5.74) is 0.577. The molecule has 1 saturated heterocycles. The van der Waals surface area contributed by atoms with E-state index in [0.29, 0.717) is 37.1 Å². The molecular weight excluding hydrogens is 354 g/mol. The van der Waals surface area contributed by atoms with Crippen LogP contribution in [-0.2, 0) is 20.5 Å². The van der Waals surface area contributed by atoms with E-state index in [1.54, 1.807) is 29.2 Å². The van der Waals surface area contributed by atoms with Gasteiger partial charge >= 0.3 is 6.09 Å². The van der Waals surface area contributed by atoms with Crippen LogP contribution in [0.5, 0.6) is 0 Å². The Hall–Kier alpha value is -2.11. The van der Waals surface area contributed by atoms with Gasteiger partial charge in [0.25, 0.3) is 0 Å². The van der Waals surface area contributed by atoms with Gasteiger partial charge in [-0.1, -0.05) is 12.1 Å². The molecule has 0 aromatic heterocycles. The zero-order valence-electron chi connectivity index (χ0n) is 15.4. The Balaban J connectivity index is 1.85. The van der Waals surface area contributed by atoms with Crippen LogP contribution in [0.4, 0.5) is 4.79 Å². The van der Waals surface area contributed by atoms with E-state index in [2.05, 4.69) is 4.72 Å². The zero-order valence-corrected chi connectivity index (χ0v) is 16.2. The van der Waals surface area contributed by atoms with Gasteiger partial charge in [0.2, 0.25) is 10.0 Å². The topological polar surface area (TPSA) is 99.5 Å². The SMILES string of the molecule is CC(C)(C)OC(=O)N1CCC(NS(=O)(=O)Cc2ccc(C#N)cc2)CC1. The molecule has 0 spiro atoms. The highest BCUT2D eigenvalue weighted by Gasteiger charge is 2.28. The number of nitriles is 1. The molecule has 26 heavy (non-hydrogen) atoms. The molecule has 0 unspecified atom stereocenters. The van der Waals surface area contributed by atoms with Crippen LogP contribution in [-0.4, -0.2) is 44.1 Å². The minimum absolute atomic E-state index is 0.134. The third-order valence-electron chi connectivity index (χ3n) is 3.93. The first-order chi connectivity index (χ1) is 12.1. The van der Waals surface area contributed by atoms with E-state index in [4.69, 9.17) is 10.00 Å². The first kappa shape index (κ1) is 20.2. The highest BCUT2D eigenvalue weighted by molar-refractivity contribution is 7.88. The lowest BCUT2D eigenvalue weighted by molar-refractivity contribution is 0.0203. The molecular formula is C18H25N3O4S. The number of nitrogens with one attached hydrogen (secondary N) is 1. The molecule has 0 saturated carbocycles. The Kier molecular flexibility index (Phi) is 6.26. The molecule has 0 aliphatic carbocycles. The van der Waals surface area contributed by atoms with E-state index in [-0.39, 0.29) is 17.9 Å². The lowest BCUT2D eigenvalue weighted by Gasteiger charge is -2.33. The maximum atomic E-state index is 12.3. The second-order valence-electron chi connectivity index (χ2n) is 7.43. The molecule has 1 aromatic carbocycles. The number of carbonyl (C=O) groups is 1. The van der Waals surface area contributed by atoms with Crippen LogP contribution in [0.2, 0.25) is 0 Å². The number of amides is 1. The first-order valence-electron chi connectivity index (χ1n) is 8.55. The molecule has 1 N–H and O–H groups in total. The molecule has 0 atom stereocenters. The van der Waals surface area contributed by atoms with Crippen molar-refractivity contribution in [3.05, 3.63) is 35.4 Å². The van der Waals surface area contributed by atoms with Crippen molar-refractivity contribution in [2.24, 2.45) is 0 Å². The summed E-state index contributed by atoms with van der Waals surface area (Å²) in [4.78, 5) is 13.6. The summed E-state index contributed by atoms with van der Waals surface area (Å²) in [6.45, 7) is 6.36. The molecule has 8 heteroatoms. The number of hydrogen-bond donors (Lipinski definition) is 1. The monoisotopic (exact) mass is 379 g/mol. The van der Waals surface area contributed by atoms with Gasteiger partial charge in [-0.15, -0.1) is 0 Å². The van der Waals surface area contributed by atoms with Crippen molar-refractivity contribution >= 4 is 16.1 Å². The number of nitrogens with zero attached hydrogens (tertiary/aromatic N) is 2. The molecule has 0 bridgehead atoms. The standard InChI is InChI=1S/C18H25N3O4S/c1-18(2,3)25-17(22)21-10-8-16(9-11-21)20-26(23,24)13-15-6-4-14(12-19)5-7-15/h4-7,16,20H,8-11,13H2,1-3H3. The Labute approximate surface area is 155 Å². The van der Waals surface area contributed by atoms with Crippen LogP contribution < -0.4 is 4.72 Å². The predicted molar refractivity (Wildman–Crippen MR) is 97.7 cm³/mol. The van der Waals surface area contributed by atoms with Crippen LogP contribution in [0.25, 0.3) is 0 Å². The molecule has 1 fully saturated rings. The summed E-state index contributed by atoms with van der Waals surface area (Å²) >= 11 is 0. The van der Waals surface area contributed by atoms with Gasteiger partial charge in [-0.05, 0) is 51.3 Å². The second kappa shape index (κ2) is 8.06. The Bertz CT molecular complexity index is 768. The van der Waals surface area contributed by atoms with Crippen LogP contribution in [0.3, 0.4) is 0 Å². The van der Waals surface area contributed by atoms with E-state index in [9.17, 15) is 13.2 Å². The molecule has 1 amide bonds. The molecule has 0 radical (unpaired) electrons.